The highest BCUT2D eigenvalue weighted by molar-refractivity contribution is 5.00. The van der Waals surface area contributed by atoms with Gasteiger partial charge in [0.2, 0.25) is 0 Å². The molecular weight excluding hydrogens is 172 g/mol. The molecule has 0 amide bonds. The molecule has 0 aromatic rings. The van der Waals surface area contributed by atoms with E-state index < -0.39 is 0 Å². The number of hydrogen-bond donors (Lipinski definition) is 0. The van der Waals surface area contributed by atoms with Crippen LogP contribution in [0.2, 0.25) is 0 Å². The minimum Gasteiger partial charge on any atom is -0.298 e. The molecule has 0 N–H and O–H groups in total. The molecule has 1 unspecified atom stereocenters. The molecule has 0 spiro atoms. The largest absolute Gasteiger partial charge is 0.298 e. The van der Waals surface area contributed by atoms with Crippen LogP contribution in [0.15, 0.2) is 0 Å². The van der Waals surface area contributed by atoms with Crippen molar-refractivity contribution >= 4 is 0 Å². The van der Waals surface area contributed by atoms with Gasteiger partial charge >= 0.3 is 0 Å². The van der Waals surface area contributed by atoms with E-state index in [9.17, 15) is 0 Å². The van der Waals surface area contributed by atoms with E-state index in [1.165, 1.54) is 0 Å². The van der Waals surface area contributed by atoms with Crippen LogP contribution in [-0.4, -0.2) is 23.5 Å². The van der Waals surface area contributed by atoms with Crippen LogP contribution in [-0.2, 0) is 0 Å². The van der Waals surface area contributed by atoms with Gasteiger partial charge in [0.15, 0.2) is 0 Å². The summed E-state index contributed by atoms with van der Waals surface area (Å²) >= 11 is 0. The molecular formula is C12H22N2. The van der Waals surface area contributed by atoms with Gasteiger partial charge in [0.25, 0.3) is 0 Å². The van der Waals surface area contributed by atoms with Crippen LogP contribution in [0.3, 0.4) is 0 Å². The summed E-state index contributed by atoms with van der Waals surface area (Å²) in [6, 6.07) is 2.44. The molecule has 0 aliphatic carbocycles. The van der Waals surface area contributed by atoms with Crippen molar-refractivity contribution in [3.63, 3.8) is 0 Å². The normalized spacial score (nSPS) is 28.4. The van der Waals surface area contributed by atoms with Gasteiger partial charge in [0.05, 0.1) is 12.0 Å². The molecule has 1 fully saturated rings. The fraction of sp³-hybridized carbons (Fsp3) is 0.917. The first kappa shape index (κ1) is 11.5. The summed E-state index contributed by atoms with van der Waals surface area (Å²) in [5, 5.41) is 9.05. The third-order valence-electron chi connectivity index (χ3n) is 3.33. The zero-order chi connectivity index (χ0) is 11.0. The maximum atomic E-state index is 9.05. The second-order valence-electron chi connectivity index (χ2n) is 6.05. The van der Waals surface area contributed by atoms with E-state index in [4.69, 9.17) is 5.26 Å². The number of likely N-dealkylation sites (tertiary alicyclic amines) is 1. The lowest BCUT2D eigenvalue weighted by Crippen LogP contribution is -2.52. The highest BCUT2D eigenvalue weighted by Crippen LogP contribution is 2.36. The molecule has 0 radical (unpaired) electrons. The highest BCUT2D eigenvalue weighted by Gasteiger charge is 2.39. The van der Waals surface area contributed by atoms with Gasteiger partial charge in [0, 0.05) is 12.1 Å². The van der Waals surface area contributed by atoms with E-state index in [0.717, 1.165) is 19.5 Å². The lowest BCUT2D eigenvalue weighted by Gasteiger charge is -2.47. The van der Waals surface area contributed by atoms with Crippen LogP contribution in [0.5, 0.6) is 0 Å². The van der Waals surface area contributed by atoms with Crippen molar-refractivity contribution in [2.24, 2.45) is 11.3 Å². The minimum absolute atomic E-state index is 0.139. The molecule has 1 aliphatic heterocycles. The summed E-state index contributed by atoms with van der Waals surface area (Å²) in [6.45, 7) is 13.2. The van der Waals surface area contributed by atoms with Crippen LogP contribution in [0.1, 0.15) is 41.0 Å². The van der Waals surface area contributed by atoms with Gasteiger partial charge in [0.1, 0.15) is 0 Å². The van der Waals surface area contributed by atoms with Crippen molar-refractivity contribution in [2.45, 2.75) is 46.6 Å². The Morgan fingerprint density at radius 1 is 1.36 bits per heavy atom. The Bertz CT molecular complexity index is 242. The van der Waals surface area contributed by atoms with Crippen molar-refractivity contribution in [2.75, 3.05) is 13.1 Å². The number of nitriles is 1. The molecule has 1 aliphatic rings. The van der Waals surface area contributed by atoms with Crippen molar-refractivity contribution in [3.05, 3.63) is 0 Å². The van der Waals surface area contributed by atoms with Gasteiger partial charge in [-0.2, -0.15) is 5.26 Å². The van der Waals surface area contributed by atoms with E-state index in [-0.39, 0.29) is 16.9 Å². The van der Waals surface area contributed by atoms with E-state index in [1.807, 2.05) is 0 Å². The average Bonchev–Trinajstić information content (AvgIpc) is 2.00. The summed E-state index contributed by atoms with van der Waals surface area (Å²) in [5.74, 6) is 0.223. The molecule has 0 saturated carbocycles. The molecule has 0 aromatic heterocycles. The molecule has 0 aromatic carbocycles. The topological polar surface area (TPSA) is 27.0 Å². The van der Waals surface area contributed by atoms with Crippen molar-refractivity contribution in [1.29, 1.82) is 5.26 Å². The number of nitrogens with zero attached hydrogens (tertiary/aromatic N) is 2. The lowest BCUT2D eigenvalue weighted by molar-refractivity contribution is 0.0206. The van der Waals surface area contributed by atoms with Gasteiger partial charge < -0.3 is 0 Å². The Balaban J connectivity index is 2.74. The fourth-order valence-corrected chi connectivity index (χ4v) is 2.17. The predicted octanol–water partition coefficient (Wildman–Crippen LogP) is 2.66. The van der Waals surface area contributed by atoms with E-state index in [2.05, 4.69) is 45.6 Å². The molecule has 2 nitrogen and oxygen atoms in total. The zero-order valence-electron chi connectivity index (χ0n) is 10.1. The van der Waals surface area contributed by atoms with Gasteiger partial charge in [-0.3, -0.25) is 4.90 Å². The zero-order valence-corrected chi connectivity index (χ0v) is 10.1. The molecule has 0 bridgehead atoms. The Hall–Kier alpha value is -0.550. The number of hydrogen-bond acceptors (Lipinski definition) is 2. The van der Waals surface area contributed by atoms with Crippen molar-refractivity contribution in [1.82, 2.24) is 4.90 Å². The molecule has 2 heteroatoms. The molecule has 80 valence electrons. The molecule has 1 heterocycles. The molecule has 1 saturated heterocycles. The first-order chi connectivity index (χ1) is 6.27. The van der Waals surface area contributed by atoms with Crippen molar-refractivity contribution < 1.29 is 0 Å². The van der Waals surface area contributed by atoms with Crippen LogP contribution in [0, 0.1) is 22.7 Å². The van der Waals surface area contributed by atoms with Crippen LogP contribution in [0.25, 0.3) is 0 Å². The third-order valence-corrected chi connectivity index (χ3v) is 3.33. The highest BCUT2D eigenvalue weighted by atomic mass is 15.2. The van der Waals surface area contributed by atoms with Crippen molar-refractivity contribution in [3.8, 4) is 6.07 Å². The quantitative estimate of drug-likeness (QED) is 0.593. The Morgan fingerprint density at radius 3 is 2.29 bits per heavy atom. The third kappa shape index (κ3) is 2.27. The van der Waals surface area contributed by atoms with Gasteiger partial charge in [-0.1, -0.05) is 13.8 Å². The van der Waals surface area contributed by atoms with Gasteiger partial charge in [-0.25, -0.2) is 0 Å². The van der Waals surface area contributed by atoms with Crippen LogP contribution in [0.4, 0.5) is 0 Å². The minimum atomic E-state index is 0.139. The fourth-order valence-electron chi connectivity index (χ4n) is 2.17. The second-order valence-corrected chi connectivity index (χ2v) is 6.05. The van der Waals surface area contributed by atoms with E-state index >= 15 is 0 Å². The van der Waals surface area contributed by atoms with E-state index in [1.54, 1.807) is 0 Å². The summed E-state index contributed by atoms with van der Waals surface area (Å²) in [7, 11) is 0. The Labute approximate surface area is 87.9 Å². The van der Waals surface area contributed by atoms with Gasteiger partial charge in [-0.05, 0) is 39.2 Å². The first-order valence-corrected chi connectivity index (χ1v) is 5.42. The van der Waals surface area contributed by atoms with Crippen LogP contribution >= 0.6 is 0 Å². The standard InChI is InChI=1S/C12H22N2/c1-11(2,3)14-7-6-10(8-13)12(4,5)9-14/h10H,6-7,9H2,1-5H3. The summed E-state index contributed by atoms with van der Waals surface area (Å²) in [4.78, 5) is 2.49. The average molecular weight is 194 g/mol. The molecule has 1 atom stereocenters. The summed E-state index contributed by atoms with van der Waals surface area (Å²) in [6.07, 6.45) is 1.01. The summed E-state index contributed by atoms with van der Waals surface area (Å²) in [5.41, 5.74) is 0.373. The number of rotatable bonds is 0. The maximum Gasteiger partial charge on any atom is 0.0662 e. The van der Waals surface area contributed by atoms with Gasteiger partial charge in [-0.15, -0.1) is 0 Å². The predicted molar refractivity (Wildman–Crippen MR) is 58.8 cm³/mol. The van der Waals surface area contributed by atoms with E-state index in [0.29, 0.717) is 0 Å². The smallest absolute Gasteiger partial charge is 0.0662 e. The maximum absolute atomic E-state index is 9.05. The lowest BCUT2D eigenvalue weighted by atomic mass is 9.74. The molecule has 14 heavy (non-hydrogen) atoms. The first-order valence-electron chi connectivity index (χ1n) is 5.42. The van der Waals surface area contributed by atoms with Crippen LogP contribution < -0.4 is 0 Å². The monoisotopic (exact) mass is 194 g/mol. The Morgan fingerprint density at radius 2 is 1.93 bits per heavy atom. The number of piperidine rings is 1. The summed E-state index contributed by atoms with van der Waals surface area (Å²) < 4.78 is 0. The second kappa shape index (κ2) is 3.55. The Kier molecular flexibility index (Phi) is 2.92. The molecule has 1 rings (SSSR count). The SMILES string of the molecule is CC1(C)CN(C(C)(C)C)CCC1C#N.